The Balaban J connectivity index is 3.28. The molecule has 1 rings (SSSR count). The van der Waals surface area contributed by atoms with Crippen molar-refractivity contribution in [3.8, 4) is 0 Å². The third-order valence-corrected chi connectivity index (χ3v) is 3.09. The van der Waals surface area contributed by atoms with Gasteiger partial charge in [0.1, 0.15) is 11.6 Å². The van der Waals surface area contributed by atoms with E-state index in [1.807, 2.05) is 0 Å². The lowest BCUT2D eigenvalue weighted by molar-refractivity contribution is 0.103. The monoisotopic (exact) mass is 269 g/mol. The van der Waals surface area contributed by atoms with Gasteiger partial charge in [0.25, 0.3) is 0 Å². The van der Waals surface area contributed by atoms with Gasteiger partial charge in [-0.25, -0.2) is 8.78 Å². The molecule has 0 aromatic heterocycles. The zero-order chi connectivity index (χ0) is 13.9. The number of halogens is 2. The minimum absolute atomic E-state index is 0.0894. The second-order valence-corrected chi connectivity index (χ2v) is 5.05. The number of hydrogen-bond donors (Lipinski definition) is 1. The number of thioether (sulfide) groups is 1. The van der Waals surface area contributed by atoms with Gasteiger partial charge < -0.3 is 5.73 Å². The van der Waals surface area contributed by atoms with E-state index >= 15 is 0 Å². The van der Waals surface area contributed by atoms with Crippen LogP contribution < -0.4 is 5.73 Å². The first-order chi connectivity index (χ1) is 8.34. The first-order valence-corrected chi connectivity index (χ1v) is 5.94. The maximum absolute atomic E-state index is 13.5. The molecule has 1 aromatic carbocycles. The fourth-order valence-electron chi connectivity index (χ4n) is 1.31. The van der Waals surface area contributed by atoms with E-state index in [4.69, 9.17) is 5.73 Å². The Morgan fingerprint density at radius 1 is 1.28 bits per heavy atom. The molecule has 0 spiro atoms. The first-order valence-electron chi connectivity index (χ1n) is 5.13. The highest BCUT2D eigenvalue weighted by molar-refractivity contribution is 8.07. The van der Waals surface area contributed by atoms with Gasteiger partial charge in [-0.1, -0.05) is 24.4 Å². The zero-order valence-corrected chi connectivity index (χ0v) is 10.9. The highest BCUT2D eigenvalue weighted by atomic mass is 32.2. The van der Waals surface area contributed by atoms with Crippen molar-refractivity contribution in [2.24, 2.45) is 5.73 Å². The van der Waals surface area contributed by atoms with Crippen LogP contribution in [0.4, 0.5) is 8.78 Å². The Morgan fingerprint density at radius 2 is 1.78 bits per heavy atom. The fourth-order valence-corrected chi connectivity index (χ4v) is 2.01. The maximum atomic E-state index is 13.5. The van der Waals surface area contributed by atoms with Crippen molar-refractivity contribution in [2.75, 3.05) is 0 Å². The summed E-state index contributed by atoms with van der Waals surface area (Å²) < 4.78 is 27.0. The van der Waals surface area contributed by atoms with E-state index < -0.39 is 23.0 Å². The molecule has 1 aromatic rings. The lowest BCUT2D eigenvalue weighted by atomic mass is 10.1. The minimum Gasteiger partial charge on any atom is -0.401 e. The van der Waals surface area contributed by atoms with Crippen LogP contribution in [0.1, 0.15) is 24.2 Å². The Kier molecular flexibility index (Phi) is 4.67. The molecule has 0 aliphatic rings. The van der Waals surface area contributed by atoms with Gasteiger partial charge in [0.05, 0.1) is 10.5 Å². The van der Waals surface area contributed by atoms with Crippen LogP contribution in [-0.2, 0) is 0 Å². The second-order valence-electron chi connectivity index (χ2n) is 3.74. The third-order valence-electron chi connectivity index (χ3n) is 2.03. The topological polar surface area (TPSA) is 43.1 Å². The molecule has 5 heteroatoms. The van der Waals surface area contributed by atoms with Gasteiger partial charge in [-0.3, -0.25) is 4.79 Å². The normalized spacial score (nSPS) is 12.0. The Labute approximate surface area is 109 Å². The van der Waals surface area contributed by atoms with Crippen molar-refractivity contribution >= 4 is 17.5 Å². The Morgan fingerprint density at radius 3 is 2.17 bits per heavy atom. The van der Waals surface area contributed by atoms with Crippen LogP contribution in [-0.4, -0.2) is 5.78 Å². The molecular formula is C13H13F2NOS. The largest absolute Gasteiger partial charge is 0.401 e. The van der Waals surface area contributed by atoms with Gasteiger partial charge in [0.2, 0.25) is 5.78 Å². The number of hydrogen-bond acceptors (Lipinski definition) is 3. The average Bonchev–Trinajstić information content (AvgIpc) is 2.24. The summed E-state index contributed by atoms with van der Waals surface area (Å²) in [5.41, 5.74) is 5.19. The molecule has 0 unspecified atom stereocenters. The van der Waals surface area contributed by atoms with Crippen LogP contribution in [0.2, 0.25) is 0 Å². The summed E-state index contributed by atoms with van der Waals surface area (Å²) >= 11 is 1.01. The number of ketones is 1. The highest BCUT2D eigenvalue weighted by Crippen LogP contribution is 2.29. The molecule has 0 aliphatic heterocycles. The Bertz CT molecular complexity index is 514. The van der Waals surface area contributed by atoms with Crippen molar-refractivity contribution in [3.05, 3.63) is 57.5 Å². The van der Waals surface area contributed by atoms with Crippen LogP contribution in [0, 0.1) is 11.6 Å². The van der Waals surface area contributed by atoms with E-state index in [1.165, 1.54) is 13.0 Å². The summed E-state index contributed by atoms with van der Waals surface area (Å²) in [6, 6.07) is 3.27. The molecule has 0 heterocycles. The molecule has 96 valence electrons. The van der Waals surface area contributed by atoms with Crippen molar-refractivity contribution < 1.29 is 13.6 Å². The molecular weight excluding hydrogens is 256 g/mol. The smallest absolute Gasteiger partial charge is 0.207 e. The van der Waals surface area contributed by atoms with Crippen LogP contribution >= 0.6 is 11.8 Å². The highest BCUT2D eigenvalue weighted by Gasteiger charge is 2.22. The van der Waals surface area contributed by atoms with Gasteiger partial charge in [0.15, 0.2) is 0 Å². The van der Waals surface area contributed by atoms with Gasteiger partial charge >= 0.3 is 0 Å². The molecule has 0 aliphatic carbocycles. The number of rotatable bonds is 4. The average molecular weight is 269 g/mol. The van der Waals surface area contributed by atoms with Gasteiger partial charge in [-0.15, -0.1) is 0 Å². The summed E-state index contributed by atoms with van der Waals surface area (Å²) in [5, 5.41) is 0. The second kappa shape index (κ2) is 5.82. The van der Waals surface area contributed by atoms with E-state index in [-0.39, 0.29) is 10.6 Å². The molecule has 0 fully saturated rings. The molecule has 0 bridgehead atoms. The Hall–Kier alpha value is -1.62. The fraction of sp³-hybridized carbons (Fsp3) is 0.154. The maximum Gasteiger partial charge on any atom is 0.207 e. The molecule has 0 radical (unpaired) electrons. The van der Waals surface area contributed by atoms with Crippen molar-refractivity contribution in [1.29, 1.82) is 0 Å². The standard InChI is InChI=1S/C13H13F2NOS/c1-7(2)18-13(8(3)16)12(17)11-9(14)5-4-6-10(11)15/h4-6H,1,16H2,2-3H3/b13-8+. The summed E-state index contributed by atoms with van der Waals surface area (Å²) in [6.07, 6.45) is 0. The molecule has 0 amide bonds. The van der Waals surface area contributed by atoms with Gasteiger partial charge in [-0.05, 0) is 30.9 Å². The summed E-state index contributed by atoms with van der Waals surface area (Å²) in [4.78, 5) is 12.8. The van der Waals surface area contributed by atoms with Crippen LogP contribution in [0.25, 0.3) is 0 Å². The lowest BCUT2D eigenvalue weighted by Crippen LogP contribution is -2.11. The first kappa shape index (κ1) is 14.4. The molecule has 0 saturated heterocycles. The number of carbonyl (C=O) groups excluding carboxylic acids is 1. The summed E-state index contributed by atoms with van der Waals surface area (Å²) in [6.45, 7) is 6.81. The van der Waals surface area contributed by atoms with E-state index in [2.05, 4.69) is 6.58 Å². The third kappa shape index (κ3) is 3.20. The molecule has 18 heavy (non-hydrogen) atoms. The van der Waals surface area contributed by atoms with E-state index in [1.54, 1.807) is 6.92 Å². The SMILES string of the molecule is C=C(C)S/C(C(=O)c1c(F)cccc1F)=C(\C)N. The van der Waals surface area contributed by atoms with Gasteiger partial charge in [0, 0.05) is 5.70 Å². The van der Waals surface area contributed by atoms with Crippen LogP contribution in [0.3, 0.4) is 0 Å². The van der Waals surface area contributed by atoms with Crippen molar-refractivity contribution in [3.63, 3.8) is 0 Å². The molecule has 0 atom stereocenters. The zero-order valence-electron chi connectivity index (χ0n) is 10.1. The number of Topliss-reactive ketones (excluding diaryl/α,β-unsaturated/α-hetero) is 1. The van der Waals surface area contributed by atoms with E-state index in [0.717, 1.165) is 23.9 Å². The minimum atomic E-state index is -0.902. The molecule has 2 nitrogen and oxygen atoms in total. The number of carbonyl (C=O) groups is 1. The summed E-state index contributed by atoms with van der Waals surface area (Å²) in [7, 11) is 0. The predicted octanol–water partition coefficient (Wildman–Crippen LogP) is 3.60. The number of benzene rings is 1. The van der Waals surface area contributed by atoms with Crippen LogP contribution in [0.15, 0.2) is 40.3 Å². The number of nitrogens with two attached hydrogens (primary N) is 1. The van der Waals surface area contributed by atoms with Crippen molar-refractivity contribution in [2.45, 2.75) is 13.8 Å². The van der Waals surface area contributed by atoms with E-state index in [9.17, 15) is 13.6 Å². The van der Waals surface area contributed by atoms with Crippen molar-refractivity contribution in [1.82, 2.24) is 0 Å². The van der Waals surface area contributed by atoms with Gasteiger partial charge in [-0.2, -0.15) is 0 Å². The molecule has 2 N–H and O–H groups in total. The van der Waals surface area contributed by atoms with E-state index in [0.29, 0.717) is 4.91 Å². The number of allylic oxidation sites excluding steroid dienone is 3. The molecule has 0 saturated carbocycles. The predicted molar refractivity (Wildman–Crippen MR) is 70.0 cm³/mol. The summed E-state index contributed by atoms with van der Waals surface area (Å²) in [5.74, 6) is -2.57. The van der Waals surface area contributed by atoms with Crippen LogP contribution in [0.5, 0.6) is 0 Å². The lowest BCUT2D eigenvalue weighted by Gasteiger charge is -2.09. The quantitative estimate of drug-likeness (QED) is 0.670.